The van der Waals surface area contributed by atoms with E-state index in [-0.39, 0.29) is 10.7 Å². The summed E-state index contributed by atoms with van der Waals surface area (Å²) in [5.74, 6) is 1.28. The first-order chi connectivity index (χ1) is 6.14. The summed E-state index contributed by atoms with van der Waals surface area (Å²) in [7, 11) is -3.05. The van der Waals surface area contributed by atoms with Gasteiger partial charge in [-0.1, -0.05) is 28.8 Å². The van der Waals surface area contributed by atoms with Gasteiger partial charge in [-0.25, -0.2) is 13.1 Å². The Morgan fingerprint density at radius 1 is 1.23 bits per heavy atom. The molecule has 0 amide bonds. The molecule has 76 valence electrons. The third-order valence-corrected chi connectivity index (χ3v) is 5.84. The van der Waals surface area contributed by atoms with Gasteiger partial charge in [0.25, 0.3) is 0 Å². The van der Waals surface area contributed by atoms with Crippen LogP contribution >= 0.6 is 15.9 Å². The summed E-state index contributed by atoms with van der Waals surface area (Å²) in [6, 6.07) is 0.255. The third kappa shape index (κ3) is 2.07. The van der Waals surface area contributed by atoms with E-state index in [4.69, 9.17) is 0 Å². The molecule has 0 aromatic carbocycles. The summed E-state index contributed by atoms with van der Waals surface area (Å²) in [4.78, 5) is 0. The number of halogens is 1. The average Bonchev–Trinajstić information content (AvgIpc) is 2.79. The average molecular weight is 268 g/mol. The van der Waals surface area contributed by atoms with Crippen LogP contribution in [0.4, 0.5) is 0 Å². The van der Waals surface area contributed by atoms with Crippen molar-refractivity contribution in [3.8, 4) is 0 Å². The smallest absolute Gasteiger partial charge is 0.212 e. The van der Waals surface area contributed by atoms with Crippen LogP contribution in [0.25, 0.3) is 0 Å². The summed E-state index contributed by atoms with van der Waals surface area (Å²) in [6.45, 7) is 0. The Bertz CT molecular complexity index is 279. The number of rotatable bonds is 3. The maximum absolute atomic E-state index is 11.2. The summed E-state index contributed by atoms with van der Waals surface area (Å²) >= 11 is 2.98. The Hall–Kier alpha value is 0.390. The molecular weight excluding hydrogens is 254 g/mol. The number of sulfonamides is 1. The van der Waals surface area contributed by atoms with Gasteiger partial charge >= 0.3 is 0 Å². The molecule has 2 aliphatic carbocycles. The molecule has 0 spiro atoms. The van der Waals surface area contributed by atoms with Crippen molar-refractivity contribution in [2.45, 2.75) is 31.7 Å². The molecule has 2 unspecified atom stereocenters. The van der Waals surface area contributed by atoms with Crippen LogP contribution in [0.15, 0.2) is 0 Å². The van der Waals surface area contributed by atoms with Crippen LogP contribution in [0.2, 0.25) is 0 Å². The van der Waals surface area contributed by atoms with E-state index in [1.165, 1.54) is 25.7 Å². The van der Waals surface area contributed by atoms with Crippen molar-refractivity contribution < 1.29 is 8.42 Å². The lowest BCUT2D eigenvalue weighted by Crippen LogP contribution is -2.28. The molecule has 13 heavy (non-hydrogen) atoms. The van der Waals surface area contributed by atoms with Crippen molar-refractivity contribution in [3.63, 3.8) is 0 Å². The first kappa shape index (κ1) is 9.93. The molecule has 0 aliphatic heterocycles. The van der Waals surface area contributed by atoms with Gasteiger partial charge in [0.2, 0.25) is 10.0 Å². The predicted molar refractivity (Wildman–Crippen MR) is 55.1 cm³/mol. The summed E-state index contributed by atoms with van der Waals surface area (Å²) < 4.78 is 25.2. The van der Waals surface area contributed by atoms with Gasteiger partial charge in [0.1, 0.15) is 4.66 Å². The number of nitrogens with one attached hydrogen (secondary N) is 1. The fourth-order valence-electron chi connectivity index (χ4n) is 2.41. The molecule has 2 rings (SSSR count). The molecule has 1 N–H and O–H groups in total. The summed E-state index contributed by atoms with van der Waals surface area (Å²) in [6.07, 6.45) is 4.96. The van der Waals surface area contributed by atoms with Crippen molar-refractivity contribution in [3.05, 3.63) is 0 Å². The second-order valence-corrected chi connectivity index (χ2v) is 7.04. The number of fused-ring (bicyclic) bond motifs is 1. The fourth-order valence-corrected chi connectivity index (χ4v) is 3.63. The summed E-state index contributed by atoms with van der Waals surface area (Å²) in [5.41, 5.74) is 0. The second-order valence-electron chi connectivity index (χ2n) is 3.98. The monoisotopic (exact) mass is 267 g/mol. The zero-order valence-corrected chi connectivity index (χ0v) is 9.77. The van der Waals surface area contributed by atoms with Crippen molar-refractivity contribution in [1.29, 1.82) is 0 Å². The number of hydrogen-bond donors (Lipinski definition) is 1. The van der Waals surface area contributed by atoms with Gasteiger partial charge in [-0.3, -0.25) is 0 Å². The molecule has 2 atom stereocenters. The van der Waals surface area contributed by atoms with Crippen molar-refractivity contribution in [2.24, 2.45) is 11.8 Å². The van der Waals surface area contributed by atoms with Gasteiger partial charge in [-0.2, -0.15) is 0 Å². The quantitative estimate of drug-likeness (QED) is 0.787. The van der Waals surface area contributed by atoms with E-state index in [1.807, 2.05) is 0 Å². The van der Waals surface area contributed by atoms with Crippen molar-refractivity contribution in [2.75, 3.05) is 4.66 Å². The molecular formula is C8H14BrNO2S. The highest BCUT2D eigenvalue weighted by Crippen LogP contribution is 2.49. The topological polar surface area (TPSA) is 46.2 Å². The van der Waals surface area contributed by atoms with E-state index in [9.17, 15) is 8.42 Å². The maximum atomic E-state index is 11.2. The van der Waals surface area contributed by atoms with E-state index in [0.29, 0.717) is 11.8 Å². The minimum atomic E-state index is -3.05. The van der Waals surface area contributed by atoms with Crippen LogP contribution in [0, 0.1) is 11.8 Å². The molecule has 2 saturated carbocycles. The fraction of sp³-hybridized carbons (Fsp3) is 1.00. The normalized spacial score (nSPS) is 38.4. The van der Waals surface area contributed by atoms with Crippen LogP contribution in [-0.2, 0) is 10.0 Å². The Morgan fingerprint density at radius 3 is 2.23 bits per heavy atom. The highest BCUT2D eigenvalue weighted by atomic mass is 79.9. The largest absolute Gasteiger partial charge is 0.221 e. The minimum absolute atomic E-state index is 0.0237. The molecule has 5 heteroatoms. The molecule has 0 aromatic rings. The van der Waals surface area contributed by atoms with Crippen LogP contribution in [-0.4, -0.2) is 19.1 Å². The van der Waals surface area contributed by atoms with E-state index >= 15 is 0 Å². The van der Waals surface area contributed by atoms with E-state index in [2.05, 4.69) is 20.7 Å². The second kappa shape index (κ2) is 3.51. The zero-order chi connectivity index (χ0) is 9.47. The lowest BCUT2D eigenvalue weighted by atomic mass is 10.0. The van der Waals surface area contributed by atoms with E-state index in [0.717, 1.165) is 0 Å². The Kier molecular flexibility index (Phi) is 2.68. The number of alkyl halides is 1. The van der Waals surface area contributed by atoms with Gasteiger partial charge in [-0.15, -0.1) is 0 Å². The predicted octanol–water partition coefficient (Wildman–Crippen LogP) is 1.45. The standard InChI is InChI=1S/C8H14BrNO2S/c9-5-13(11,12)10-8-6-3-1-2-4-7(6)8/h6-8,10H,1-5H2. The lowest BCUT2D eigenvalue weighted by Gasteiger charge is -2.04. The first-order valence-corrected chi connectivity index (χ1v) is 7.47. The molecule has 3 nitrogen and oxygen atoms in total. The Labute approximate surface area is 87.5 Å². The van der Waals surface area contributed by atoms with E-state index < -0.39 is 10.0 Å². The molecule has 0 heterocycles. The minimum Gasteiger partial charge on any atom is -0.212 e. The van der Waals surface area contributed by atoms with Crippen LogP contribution < -0.4 is 4.72 Å². The van der Waals surface area contributed by atoms with Crippen molar-refractivity contribution in [1.82, 2.24) is 4.72 Å². The molecule has 0 aromatic heterocycles. The van der Waals surface area contributed by atoms with Gasteiger partial charge in [0.15, 0.2) is 0 Å². The number of hydrogen-bond acceptors (Lipinski definition) is 2. The van der Waals surface area contributed by atoms with Gasteiger partial charge in [-0.05, 0) is 24.7 Å². The zero-order valence-electron chi connectivity index (χ0n) is 7.37. The van der Waals surface area contributed by atoms with E-state index in [1.54, 1.807) is 0 Å². The van der Waals surface area contributed by atoms with Gasteiger partial charge in [0.05, 0.1) is 0 Å². The SMILES string of the molecule is O=S(=O)(CBr)NC1C2CCCCC21. The molecule has 0 bridgehead atoms. The third-order valence-electron chi connectivity index (χ3n) is 3.12. The first-order valence-electron chi connectivity index (χ1n) is 4.70. The Balaban J connectivity index is 1.92. The lowest BCUT2D eigenvalue weighted by molar-refractivity contribution is 0.480. The van der Waals surface area contributed by atoms with Gasteiger partial charge < -0.3 is 0 Å². The van der Waals surface area contributed by atoms with Crippen LogP contribution in [0.1, 0.15) is 25.7 Å². The molecule has 0 saturated heterocycles. The van der Waals surface area contributed by atoms with Gasteiger partial charge in [0, 0.05) is 6.04 Å². The molecule has 2 fully saturated rings. The summed E-state index contributed by atoms with van der Waals surface area (Å²) in [5, 5.41) is 0. The maximum Gasteiger partial charge on any atom is 0.221 e. The highest BCUT2D eigenvalue weighted by molar-refractivity contribution is 9.10. The molecule has 2 aliphatic rings. The highest BCUT2D eigenvalue weighted by Gasteiger charge is 2.51. The molecule has 0 radical (unpaired) electrons. The van der Waals surface area contributed by atoms with Crippen LogP contribution in [0.5, 0.6) is 0 Å². The van der Waals surface area contributed by atoms with Crippen molar-refractivity contribution >= 4 is 26.0 Å². The van der Waals surface area contributed by atoms with Crippen LogP contribution in [0.3, 0.4) is 0 Å². The Morgan fingerprint density at radius 2 is 1.77 bits per heavy atom.